The van der Waals surface area contributed by atoms with E-state index in [1.165, 1.54) is 17.0 Å². The first kappa shape index (κ1) is 25.7. The molecule has 2 heterocycles. The molecule has 0 aromatic heterocycles. The number of rotatable bonds is 5. The van der Waals surface area contributed by atoms with Crippen molar-refractivity contribution in [2.75, 3.05) is 12.1 Å². The van der Waals surface area contributed by atoms with Crippen molar-refractivity contribution < 1.29 is 32.2 Å². The highest BCUT2D eigenvalue weighted by Gasteiger charge is 2.36. The molecule has 1 atom stereocenters. The Kier molecular flexibility index (Phi) is 7.02. The molecule has 1 fully saturated rings. The molecule has 5 rings (SSSR count). The second kappa shape index (κ2) is 10.4. The molecule has 11 heteroatoms. The third-order valence-corrected chi connectivity index (χ3v) is 7.11. The highest BCUT2D eigenvalue weighted by atomic mass is 32.2. The Morgan fingerprint density at radius 2 is 1.84 bits per heavy atom. The Morgan fingerprint density at radius 1 is 1.08 bits per heavy atom. The molecule has 0 radical (unpaired) electrons. The first-order valence-corrected chi connectivity index (χ1v) is 12.5. The van der Waals surface area contributed by atoms with Crippen LogP contribution in [0.25, 0.3) is 0 Å². The van der Waals surface area contributed by atoms with Crippen molar-refractivity contribution in [3.63, 3.8) is 0 Å². The maximum Gasteiger partial charge on any atom is 0.416 e. The molecular weight excluding hydrogens is 519 g/mol. The van der Waals surface area contributed by atoms with Crippen molar-refractivity contribution in [2.45, 2.75) is 31.3 Å². The Bertz CT molecular complexity index is 1410. The van der Waals surface area contributed by atoms with Crippen LogP contribution in [0.4, 0.5) is 24.5 Å². The van der Waals surface area contributed by atoms with Crippen LogP contribution in [0.3, 0.4) is 0 Å². The predicted octanol–water partition coefficient (Wildman–Crippen LogP) is 5.90. The van der Waals surface area contributed by atoms with E-state index in [9.17, 15) is 22.8 Å². The lowest BCUT2D eigenvalue weighted by atomic mass is 10.1. The highest BCUT2D eigenvalue weighted by Crippen LogP contribution is 2.36. The SMILES string of the molecule is Cc1ccc(NC(=O)[C@H]2CC(=O)N(Cc3ccc4c(c3)OCO4)C(=Nc3cccc(C(F)(F)F)c3)S2)cc1. The van der Waals surface area contributed by atoms with E-state index in [0.717, 1.165) is 29.5 Å². The number of fused-ring (bicyclic) bond motifs is 1. The van der Waals surface area contributed by atoms with Crippen molar-refractivity contribution in [1.82, 2.24) is 4.90 Å². The van der Waals surface area contributed by atoms with Gasteiger partial charge in [-0.1, -0.05) is 41.6 Å². The number of nitrogens with zero attached hydrogens (tertiary/aromatic N) is 2. The summed E-state index contributed by atoms with van der Waals surface area (Å²) in [6, 6.07) is 17.0. The van der Waals surface area contributed by atoms with E-state index in [4.69, 9.17) is 9.47 Å². The molecule has 2 aliphatic rings. The van der Waals surface area contributed by atoms with Crippen LogP contribution in [0.5, 0.6) is 11.5 Å². The highest BCUT2D eigenvalue weighted by molar-refractivity contribution is 8.15. The van der Waals surface area contributed by atoms with Gasteiger partial charge < -0.3 is 14.8 Å². The van der Waals surface area contributed by atoms with Gasteiger partial charge in [0.2, 0.25) is 18.6 Å². The summed E-state index contributed by atoms with van der Waals surface area (Å²) in [4.78, 5) is 32.1. The lowest BCUT2D eigenvalue weighted by Gasteiger charge is -2.32. The fourth-order valence-corrected chi connectivity index (χ4v) is 5.04. The number of thioether (sulfide) groups is 1. The molecule has 2 aliphatic heterocycles. The average Bonchev–Trinajstić information content (AvgIpc) is 3.35. The summed E-state index contributed by atoms with van der Waals surface area (Å²) in [6.07, 6.45) is -4.65. The maximum atomic E-state index is 13.3. The van der Waals surface area contributed by atoms with E-state index in [1.807, 2.05) is 19.1 Å². The number of carbonyl (C=O) groups is 2. The van der Waals surface area contributed by atoms with Crippen molar-refractivity contribution in [3.8, 4) is 11.5 Å². The zero-order valence-electron chi connectivity index (χ0n) is 20.1. The molecule has 3 aromatic rings. The van der Waals surface area contributed by atoms with Gasteiger partial charge in [-0.3, -0.25) is 14.5 Å². The summed E-state index contributed by atoms with van der Waals surface area (Å²) in [7, 11) is 0. The van der Waals surface area contributed by atoms with Gasteiger partial charge in [-0.15, -0.1) is 0 Å². The summed E-state index contributed by atoms with van der Waals surface area (Å²) < 4.78 is 50.6. The van der Waals surface area contributed by atoms with Crippen LogP contribution in [-0.4, -0.2) is 33.9 Å². The molecule has 0 bridgehead atoms. The molecule has 196 valence electrons. The van der Waals surface area contributed by atoms with E-state index in [2.05, 4.69) is 10.3 Å². The predicted molar refractivity (Wildman–Crippen MR) is 137 cm³/mol. The normalized spacial score (nSPS) is 18.1. The fraction of sp³-hybridized carbons (Fsp3) is 0.222. The fourth-order valence-electron chi connectivity index (χ4n) is 3.94. The topological polar surface area (TPSA) is 80.2 Å². The van der Waals surface area contributed by atoms with Gasteiger partial charge in [0.15, 0.2) is 16.7 Å². The summed E-state index contributed by atoms with van der Waals surface area (Å²) in [6.45, 7) is 2.11. The van der Waals surface area contributed by atoms with Gasteiger partial charge in [0.25, 0.3) is 0 Å². The average molecular weight is 542 g/mol. The van der Waals surface area contributed by atoms with Crippen LogP contribution >= 0.6 is 11.8 Å². The van der Waals surface area contributed by atoms with Gasteiger partial charge in [0.05, 0.1) is 17.8 Å². The second-order valence-electron chi connectivity index (χ2n) is 8.78. The number of nitrogens with one attached hydrogen (secondary N) is 1. The summed E-state index contributed by atoms with van der Waals surface area (Å²) in [5, 5.41) is 2.11. The number of ether oxygens (including phenoxy) is 2. The van der Waals surface area contributed by atoms with Crippen molar-refractivity contribution in [2.24, 2.45) is 4.99 Å². The molecule has 7 nitrogen and oxygen atoms in total. The number of aryl methyl sites for hydroxylation is 1. The number of anilines is 1. The Hall–Kier alpha value is -3.99. The van der Waals surface area contributed by atoms with Gasteiger partial charge in [-0.05, 0) is 55.0 Å². The number of carbonyl (C=O) groups excluding carboxylic acids is 2. The third-order valence-electron chi connectivity index (χ3n) is 5.93. The minimum atomic E-state index is -4.55. The van der Waals surface area contributed by atoms with Gasteiger partial charge in [0, 0.05) is 12.1 Å². The van der Waals surface area contributed by atoms with E-state index in [-0.39, 0.29) is 36.5 Å². The lowest BCUT2D eigenvalue weighted by molar-refractivity contribution is -0.137. The van der Waals surface area contributed by atoms with Gasteiger partial charge >= 0.3 is 6.18 Å². The van der Waals surface area contributed by atoms with Gasteiger partial charge in [-0.2, -0.15) is 13.2 Å². The minimum Gasteiger partial charge on any atom is -0.454 e. The Labute approximate surface area is 220 Å². The second-order valence-corrected chi connectivity index (χ2v) is 9.95. The molecular formula is C27H22F3N3O4S. The number of alkyl halides is 3. The standard InChI is InChI=1S/C27H22F3N3O4S/c1-16-5-8-19(9-6-16)31-25(35)23-13-24(34)33(14-17-7-10-21-22(11-17)37-15-36-21)26(38-23)32-20-4-2-3-18(12-20)27(28,29)30/h2-12,23H,13-15H2,1H3,(H,31,35)/t23-/m1/s1. The van der Waals surface area contributed by atoms with Crippen molar-refractivity contribution in [3.05, 3.63) is 83.4 Å². The molecule has 0 spiro atoms. The zero-order valence-corrected chi connectivity index (χ0v) is 20.9. The zero-order chi connectivity index (χ0) is 26.9. The minimum absolute atomic E-state index is 0.0189. The largest absolute Gasteiger partial charge is 0.454 e. The number of amides is 2. The summed E-state index contributed by atoms with van der Waals surface area (Å²) in [5.74, 6) is 0.341. The van der Waals surface area contributed by atoms with E-state index < -0.39 is 22.9 Å². The van der Waals surface area contributed by atoms with Gasteiger partial charge in [0.1, 0.15) is 5.25 Å². The molecule has 38 heavy (non-hydrogen) atoms. The Morgan fingerprint density at radius 3 is 2.61 bits per heavy atom. The molecule has 1 N–H and O–H groups in total. The molecule has 2 amide bonds. The van der Waals surface area contributed by atoms with Gasteiger partial charge in [-0.25, -0.2) is 4.99 Å². The summed E-state index contributed by atoms with van der Waals surface area (Å²) in [5.41, 5.74) is 1.48. The number of halogens is 3. The number of hydrogen-bond donors (Lipinski definition) is 1. The van der Waals surface area contributed by atoms with Crippen LogP contribution in [-0.2, 0) is 22.3 Å². The molecule has 1 saturated heterocycles. The number of aliphatic imine (C=N–C) groups is 1. The molecule has 0 saturated carbocycles. The monoisotopic (exact) mass is 541 g/mol. The number of benzene rings is 3. The Balaban J connectivity index is 1.44. The van der Waals surface area contributed by atoms with Crippen molar-refractivity contribution in [1.29, 1.82) is 0 Å². The third kappa shape index (κ3) is 5.77. The van der Waals surface area contributed by atoms with E-state index in [1.54, 1.807) is 30.3 Å². The van der Waals surface area contributed by atoms with Crippen LogP contribution in [0.1, 0.15) is 23.1 Å². The molecule has 3 aromatic carbocycles. The first-order valence-electron chi connectivity index (χ1n) is 11.6. The number of hydrogen-bond acceptors (Lipinski definition) is 6. The molecule has 0 unspecified atom stereocenters. The van der Waals surface area contributed by atoms with Crippen LogP contribution < -0.4 is 14.8 Å². The first-order chi connectivity index (χ1) is 18.2. The number of amidine groups is 1. The summed E-state index contributed by atoms with van der Waals surface area (Å²) >= 11 is 1.03. The smallest absolute Gasteiger partial charge is 0.416 e. The lowest BCUT2D eigenvalue weighted by Crippen LogP contribution is -2.44. The van der Waals surface area contributed by atoms with E-state index >= 15 is 0 Å². The van der Waals surface area contributed by atoms with Crippen LogP contribution in [0, 0.1) is 6.92 Å². The maximum absolute atomic E-state index is 13.3. The van der Waals surface area contributed by atoms with Crippen LogP contribution in [0.15, 0.2) is 71.7 Å². The van der Waals surface area contributed by atoms with Crippen LogP contribution in [0.2, 0.25) is 0 Å². The van der Waals surface area contributed by atoms with E-state index in [0.29, 0.717) is 22.7 Å². The van der Waals surface area contributed by atoms with Crippen molar-refractivity contribution >= 4 is 40.1 Å². The quantitative estimate of drug-likeness (QED) is 0.435. The molecule has 0 aliphatic carbocycles.